The Kier molecular flexibility index (Phi) is 6.65. The van der Waals surface area contributed by atoms with Crippen LogP contribution in [0.15, 0.2) is 36.4 Å². The lowest BCUT2D eigenvalue weighted by Gasteiger charge is -2.12. The molecule has 124 valence electrons. The maximum absolute atomic E-state index is 13.8. The first-order chi connectivity index (χ1) is 11.2. The summed E-state index contributed by atoms with van der Waals surface area (Å²) in [6.07, 6.45) is 0. The molecule has 0 saturated carbocycles. The maximum atomic E-state index is 13.8. The number of halogens is 2. The second-order valence-corrected chi connectivity index (χ2v) is 5.28. The van der Waals surface area contributed by atoms with Gasteiger partial charge < -0.3 is 19.9 Å². The van der Waals surface area contributed by atoms with Gasteiger partial charge in [0.25, 0.3) is 0 Å². The molecule has 4 nitrogen and oxygen atoms in total. The molecule has 0 bridgehead atoms. The summed E-state index contributed by atoms with van der Waals surface area (Å²) >= 11 is 5.76. The molecule has 23 heavy (non-hydrogen) atoms. The molecule has 0 atom stereocenters. The Morgan fingerprint density at radius 2 is 2.00 bits per heavy atom. The van der Waals surface area contributed by atoms with E-state index in [-0.39, 0.29) is 18.2 Å². The van der Waals surface area contributed by atoms with Gasteiger partial charge in [-0.3, -0.25) is 0 Å². The third-order valence-electron chi connectivity index (χ3n) is 3.25. The van der Waals surface area contributed by atoms with Crippen LogP contribution in [0.1, 0.15) is 11.1 Å². The average Bonchev–Trinajstić information content (AvgIpc) is 2.57. The molecule has 2 aromatic rings. The largest absolute Gasteiger partial charge is 0.493 e. The van der Waals surface area contributed by atoms with E-state index in [2.05, 4.69) is 5.32 Å². The van der Waals surface area contributed by atoms with Crippen LogP contribution in [-0.2, 0) is 13.1 Å². The Morgan fingerprint density at radius 1 is 1.17 bits per heavy atom. The first-order valence-electron chi connectivity index (χ1n) is 7.20. The van der Waals surface area contributed by atoms with E-state index >= 15 is 0 Å². The molecule has 2 rings (SSSR count). The van der Waals surface area contributed by atoms with Crippen LogP contribution in [-0.4, -0.2) is 25.4 Å². The van der Waals surface area contributed by atoms with Crippen LogP contribution in [0.4, 0.5) is 4.39 Å². The van der Waals surface area contributed by atoms with E-state index < -0.39 is 5.82 Å². The molecule has 0 aromatic heterocycles. The van der Waals surface area contributed by atoms with Crippen molar-refractivity contribution in [1.82, 2.24) is 5.32 Å². The topological polar surface area (TPSA) is 50.7 Å². The summed E-state index contributed by atoms with van der Waals surface area (Å²) in [5, 5.41) is 12.1. The molecule has 0 amide bonds. The fraction of sp³-hybridized carbons (Fsp3) is 0.294. The molecule has 0 radical (unpaired) electrons. The van der Waals surface area contributed by atoms with Crippen LogP contribution in [0.5, 0.6) is 11.5 Å². The van der Waals surface area contributed by atoms with Crippen LogP contribution < -0.4 is 14.8 Å². The highest BCUT2D eigenvalue weighted by Gasteiger charge is 2.07. The zero-order chi connectivity index (χ0) is 16.7. The minimum atomic E-state index is -0.396. The van der Waals surface area contributed by atoms with Gasteiger partial charge in [0, 0.05) is 18.7 Å². The third-order valence-corrected chi connectivity index (χ3v) is 3.54. The number of ether oxygens (including phenoxy) is 2. The lowest BCUT2D eigenvalue weighted by molar-refractivity contribution is 0.196. The van der Waals surface area contributed by atoms with Gasteiger partial charge in [0.05, 0.1) is 18.7 Å². The van der Waals surface area contributed by atoms with E-state index in [1.807, 2.05) is 12.1 Å². The summed E-state index contributed by atoms with van der Waals surface area (Å²) in [4.78, 5) is 0. The number of aliphatic hydroxyl groups excluding tert-OH is 1. The van der Waals surface area contributed by atoms with Gasteiger partial charge in [0.15, 0.2) is 11.5 Å². The van der Waals surface area contributed by atoms with Crippen molar-refractivity contribution in [3.05, 3.63) is 58.4 Å². The van der Waals surface area contributed by atoms with Gasteiger partial charge in [0.2, 0.25) is 0 Å². The van der Waals surface area contributed by atoms with Crippen molar-refractivity contribution in [2.24, 2.45) is 0 Å². The molecular weight excluding hydrogens is 321 g/mol. The number of nitrogens with one attached hydrogen (secondary N) is 1. The molecule has 2 N–H and O–H groups in total. The Balaban J connectivity index is 1.96. The monoisotopic (exact) mass is 339 g/mol. The molecule has 0 aliphatic rings. The molecule has 0 aliphatic heterocycles. The minimum Gasteiger partial charge on any atom is -0.493 e. The number of hydrogen-bond donors (Lipinski definition) is 2. The zero-order valence-electron chi connectivity index (χ0n) is 12.8. The van der Waals surface area contributed by atoms with Gasteiger partial charge in [-0.25, -0.2) is 4.39 Å². The van der Waals surface area contributed by atoms with Gasteiger partial charge in [-0.05, 0) is 23.8 Å². The van der Waals surface area contributed by atoms with E-state index in [0.29, 0.717) is 30.2 Å². The number of benzene rings is 2. The number of rotatable bonds is 8. The fourth-order valence-electron chi connectivity index (χ4n) is 2.12. The van der Waals surface area contributed by atoms with Crippen LogP contribution in [0.25, 0.3) is 0 Å². The van der Waals surface area contributed by atoms with E-state index in [0.717, 1.165) is 5.56 Å². The minimum absolute atomic E-state index is 0.0579. The third kappa shape index (κ3) is 4.82. The number of methoxy groups -OCH3 is 1. The van der Waals surface area contributed by atoms with Crippen molar-refractivity contribution >= 4 is 11.6 Å². The number of hydrogen-bond acceptors (Lipinski definition) is 4. The number of aliphatic hydroxyl groups is 1. The van der Waals surface area contributed by atoms with Crippen molar-refractivity contribution in [1.29, 1.82) is 0 Å². The Hall–Kier alpha value is -1.82. The van der Waals surface area contributed by atoms with Gasteiger partial charge in [-0.1, -0.05) is 29.8 Å². The van der Waals surface area contributed by atoms with E-state index in [9.17, 15) is 4.39 Å². The van der Waals surface area contributed by atoms with Gasteiger partial charge in [-0.2, -0.15) is 0 Å². The van der Waals surface area contributed by atoms with Crippen LogP contribution in [0, 0.1) is 5.82 Å². The standard InChI is InChI=1S/C17H19ClFNO3/c1-22-16-9-12(5-6-15(16)23-8-7-21)10-20-11-13-3-2-4-14(18)17(13)19/h2-6,9,20-21H,7-8,10-11H2,1H3. The highest BCUT2D eigenvalue weighted by molar-refractivity contribution is 6.30. The molecular formula is C17H19ClFNO3. The van der Waals surface area contributed by atoms with E-state index in [4.69, 9.17) is 26.2 Å². The summed E-state index contributed by atoms with van der Waals surface area (Å²) < 4.78 is 24.4. The van der Waals surface area contributed by atoms with Crippen molar-refractivity contribution < 1.29 is 19.0 Å². The predicted octanol–water partition coefficient (Wildman–Crippen LogP) is 3.15. The summed E-state index contributed by atoms with van der Waals surface area (Å²) in [7, 11) is 1.56. The smallest absolute Gasteiger partial charge is 0.161 e. The molecule has 0 spiro atoms. The Morgan fingerprint density at radius 3 is 2.74 bits per heavy atom. The van der Waals surface area contributed by atoms with Crippen LogP contribution in [0.2, 0.25) is 5.02 Å². The summed E-state index contributed by atoms with van der Waals surface area (Å²) in [6.45, 7) is 1.07. The quantitative estimate of drug-likeness (QED) is 0.775. The first kappa shape index (κ1) is 17.5. The lowest BCUT2D eigenvalue weighted by Crippen LogP contribution is -2.14. The average molecular weight is 340 g/mol. The summed E-state index contributed by atoms with van der Waals surface area (Å²) in [5.41, 5.74) is 1.49. The van der Waals surface area contributed by atoms with Crippen LogP contribution >= 0.6 is 11.6 Å². The van der Waals surface area contributed by atoms with E-state index in [1.54, 1.807) is 25.3 Å². The van der Waals surface area contributed by atoms with Crippen molar-refractivity contribution in [2.45, 2.75) is 13.1 Å². The SMILES string of the molecule is COc1cc(CNCc2cccc(Cl)c2F)ccc1OCCO. The predicted molar refractivity (Wildman–Crippen MR) is 87.5 cm³/mol. The molecule has 0 fully saturated rings. The molecule has 0 saturated heterocycles. The highest BCUT2D eigenvalue weighted by Crippen LogP contribution is 2.28. The lowest BCUT2D eigenvalue weighted by atomic mass is 10.1. The summed E-state index contributed by atoms with van der Waals surface area (Å²) in [5.74, 6) is 0.768. The molecule has 0 unspecified atom stereocenters. The molecule has 0 aliphatic carbocycles. The van der Waals surface area contributed by atoms with E-state index in [1.165, 1.54) is 6.07 Å². The van der Waals surface area contributed by atoms with Gasteiger partial charge >= 0.3 is 0 Å². The van der Waals surface area contributed by atoms with Gasteiger partial charge in [-0.15, -0.1) is 0 Å². The second kappa shape index (κ2) is 8.72. The first-order valence-corrected chi connectivity index (χ1v) is 7.57. The fourth-order valence-corrected chi connectivity index (χ4v) is 2.32. The van der Waals surface area contributed by atoms with Gasteiger partial charge in [0.1, 0.15) is 12.4 Å². The van der Waals surface area contributed by atoms with Crippen molar-refractivity contribution in [2.75, 3.05) is 20.3 Å². The molecule has 6 heteroatoms. The van der Waals surface area contributed by atoms with Crippen molar-refractivity contribution in [3.63, 3.8) is 0 Å². The Labute approximate surface area is 139 Å². The van der Waals surface area contributed by atoms with Crippen molar-refractivity contribution in [3.8, 4) is 11.5 Å². The molecule has 2 aromatic carbocycles. The second-order valence-electron chi connectivity index (χ2n) is 4.87. The maximum Gasteiger partial charge on any atom is 0.161 e. The molecule has 0 heterocycles. The summed E-state index contributed by atoms with van der Waals surface area (Å²) in [6, 6.07) is 10.5. The Bertz CT molecular complexity index is 652. The zero-order valence-corrected chi connectivity index (χ0v) is 13.6. The highest BCUT2D eigenvalue weighted by atomic mass is 35.5. The normalized spacial score (nSPS) is 10.6. The van der Waals surface area contributed by atoms with Crippen LogP contribution in [0.3, 0.4) is 0 Å².